The van der Waals surface area contributed by atoms with Crippen LogP contribution < -0.4 is 0 Å². The first-order valence-corrected chi connectivity index (χ1v) is 5.02. The number of aromatic hydroxyl groups is 1. The van der Waals surface area contributed by atoms with Crippen molar-refractivity contribution in [2.24, 2.45) is 0 Å². The highest BCUT2D eigenvalue weighted by molar-refractivity contribution is 5.66. The number of benzene rings is 1. The minimum atomic E-state index is -0.792. The Morgan fingerprint density at radius 2 is 1.87 bits per heavy atom. The van der Waals surface area contributed by atoms with Gasteiger partial charge in [-0.1, -0.05) is 12.1 Å². The van der Waals surface area contributed by atoms with E-state index in [1.165, 1.54) is 0 Å². The van der Waals surface area contributed by atoms with E-state index in [2.05, 4.69) is 0 Å². The van der Waals surface area contributed by atoms with Gasteiger partial charge in [0.15, 0.2) is 0 Å². The highest BCUT2D eigenvalue weighted by atomic mass is 16.4. The topological polar surface area (TPSA) is 57.5 Å². The van der Waals surface area contributed by atoms with Crippen LogP contribution in [-0.4, -0.2) is 16.2 Å². The van der Waals surface area contributed by atoms with Crippen LogP contribution in [0.4, 0.5) is 0 Å². The van der Waals surface area contributed by atoms with Crippen LogP contribution in [0.5, 0.6) is 5.75 Å². The fourth-order valence-corrected chi connectivity index (χ4v) is 1.59. The number of hydrogen-bond donors (Lipinski definition) is 2. The molecule has 0 aromatic heterocycles. The van der Waals surface area contributed by atoms with Gasteiger partial charge in [-0.2, -0.15) is 0 Å². The number of carboxylic acids is 1. The van der Waals surface area contributed by atoms with Crippen LogP contribution in [0.3, 0.4) is 0 Å². The summed E-state index contributed by atoms with van der Waals surface area (Å²) in [6.45, 7) is 3.77. The van der Waals surface area contributed by atoms with Crippen molar-refractivity contribution in [2.45, 2.75) is 33.1 Å². The third-order valence-corrected chi connectivity index (χ3v) is 2.54. The molecule has 1 aromatic carbocycles. The van der Waals surface area contributed by atoms with E-state index in [-0.39, 0.29) is 6.42 Å². The van der Waals surface area contributed by atoms with Crippen molar-refractivity contribution >= 4 is 5.97 Å². The van der Waals surface area contributed by atoms with Crippen molar-refractivity contribution in [1.82, 2.24) is 0 Å². The number of carbonyl (C=O) groups is 1. The zero-order valence-corrected chi connectivity index (χ0v) is 9.08. The summed E-state index contributed by atoms with van der Waals surface area (Å²) < 4.78 is 0. The first-order valence-electron chi connectivity index (χ1n) is 5.02. The number of rotatable bonds is 4. The molecule has 0 radical (unpaired) electrons. The summed E-state index contributed by atoms with van der Waals surface area (Å²) in [4.78, 5) is 10.4. The molecule has 0 heterocycles. The van der Waals surface area contributed by atoms with Crippen LogP contribution in [0, 0.1) is 13.8 Å². The van der Waals surface area contributed by atoms with Crippen molar-refractivity contribution in [3.63, 3.8) is 0 Å². The van der Waals surface area contributed by atoms with Gasteiger partial charge in [-0.3, -0.25) is 4.79 Å². The largest absolute Gasteiger partial charge is 0.507 e. The molecule has 82 valence electrons. The minimum Gasteiger partial charge on any atom is -0.507 e. The predicted molar refractivity (Wildman–Crippen MR) is 58.2 cm³/mol. The maximum Gasteiger partial charge on any atom is 0.303 e. The first-order chi connectivity index (χ1) is 7.02. The fraction of sp³-hybridized carbons (Fsp3) is 0.417. The van der Waals surface area contributed by atoms with E-state index < -0.39 is 5.97 Å². The first kappa shape index (κ1) is 11.6. The van der Waals surface area contributed by atoms with Gasteiger partial charge in [0.25, 0.3) is 0 Å². The van der Waals surface area contributed by atoms with Gasteiger partial charge in [0.1, 0.15) is 5.75 Å². The van der Waals surface area contributed by atoms with E-state index in [9.17, 15) is 9.90 Å². The lowest BCUT2D eigenvalue weighted by molar-refractivity contribution is -0.137. The Hall–Kier alpha value is -1.51. The lowest BCUT2D eigenvalue weighted by Crippen LogP contribution is -1.98. The van der Waals surface area contributed by atoms with Crippen LogP contribution in [0.25, 0.3) is 0 Å². The van der Waals surface area contributed by atoms with Crippen molar-refractivity contribution in [2.75, 3.05) is 0 Å². The smallest absolute Gasteiger partial charge is 0.303 e. The molecule has 0 fully saturated rings. The van der Waals surface area contributed by atoms with Crippen molar-refractivity contribution in [1.29, 1.82) is 0 Å². The standard InChI is InChI=1S/C12H16O3/c1-8-6-7-9(2)12(15)10(8)4-3-5-11(13)14/h6-7,15H,3-5H2,1-2H3,(H,13,14). The Labute approximate surface area is 89.4 Å². The second kappa shape index (κ2) is 4.82. The van der Waals surface area contributed by atoms with E-state index in [4.69, 9.17) is 5.11 Å². The number of carboxylic acid groups (broad SMARTS) is 1. The summed E-state index contributed by atoms with van der Waals surface area (Å²) in [5, 5.41) is 18.3. The zero-order chi connectivity index (χ0) is 11.4. The molecule has 0 atom stereocenters. The molecule has 1 aromatic rings. The molecule has 0 aliphatic carbocycles. The number of aliphatic carboxylic acids is 1. The highest BCUT2D eigenvalue weighted by Gasteiger charge is 2.08. The summed E-state index contributed by atoms with van der Waals surface area (Å²) in [5.41, 5.74) is 2.73. The van der Waals surface area contributed by atoms with Gasteiger partial charge in [0.2, 0.25) is 0 Å². The molecule has 0 saturated carbocycles. The Balaban J connectivity index is 2.75. The quantitative estimate of drug-likeness (QED) is 0.798. The molecule has 3 heteroatoms. The highest BCUT2D eigenvalue weighted by Crippen LogP contribution is 2.26. The molecule has 0 saturated heterocycles. The number of hydrogen-bond acceptors (Lipinski definition) is 2. The molecule has 3 nitrogen and oxygen atoms in total. The van der Waals surface area contributed by atoms with Crippen LogP contribution in [0.2, 0.25) is 0 Å². The normalized spacial score (nSPS) is 10.3. The average molecular weight is 208 g/mol. The summed E-state index contributed by atoms with van der Waals surface area (Å²) in [5.74, 6) is -0.486. The molecule has 15 heavy (non-hydrogen) atoms. The Morgan fingerprint density at radius 1 is 1.27 bits per heavy atom. The molecule has 0 amide bonds. The third kappa shape index (κ3) is 2.98. The van der Waals surface area contributed by atoms with Crippen LogP contribution in [-0.2, 0) is 11.2 Å². The van der Waals surface area contributed by atoms with E-state index >= 15 is 0 Å². The van der Waals surface area contributed by atoms with Gasteiger partial charge in [0.05, 0.1) is 0 Å². The van der Waals surface area contributed by atoms with E-state index in [0.29, 0.717) is 18.6 Å². The van der Waals surface area contributed by atoms with E-state index in [0.717, 1.165) is 16.7 Å². The second-order valence-electron chi connectivity index (χ2n) is 3.77. The average Bonchev–Trinajstić information content (AvgIpc) is 2.17. The minimum absolute atomic E-state index is 0.146. The number of phenols is 1. The van der Waals surface area contributed by atoms with Crippen molar-refractivity contribution in [3.8, 4) is 5.75 Å². The van der Waals surface area contributed by atoms with Crippen LogP contribution >= 0.6 is 0 Å². The van der Waals surface area contributed by atoms with Gasteiger partial charge < -0.3 is 10.2 Å². The van der Waals surface area contributed by atoms with Crippen LogP contribution in [0.1, 0.15) is 29.5 Å². The summed E-state index contributed by atoms with van der Waals surface area (Å²) in [7, 11) is 0. The molecule has 1 rings (SSSR count). The summed E-state index contributed by atoms with van der Waals surface area (Å²) in [6, 6.07) is 3.82. The molecule has 0 spiro atoms. The number of phenolic OH excluding ortho intramolecular Hbond substituents is 1. The summed E-state index contributed by atoms with van der Waals surface area (Å²) in [6.07, 6.45) is 1.33. The Bertz CT molecular complexity index is 369. The van der Waals surface area contributed by atoms with E-state index in [1.807, 2.05) is 26.0 Å². The monoisotopic (exact) mass is 208 g/mol. The van der Waals surface area contributed by atoms with Crippen molar-refractivity contribution < 1.29 is 15.0 Å². The fourth-order valence-electron chi connectivity index (χ4n) is 1.59. The SMILES string of the molecule is Cc1ccc(C)c(CCCC(=O)O)c1O. The second-order valence-corrected chi connectivity index (χ2v) is 3.77. The van der Waals surface area contributed by atoms with Gasteiger partial charge in [-0.15, -0.1) is 0 Å². The molecule has 2 N–H and O–H groups in total. The number of aryl methyl sites for hydroxylation is 2. The Kier molecular flexibility index (Phi) is 3.72. The van der Waals surface area contributed by atoms with Gasteiger partial charge in [-0.25, -0.2) is 0 Å². The van der Waals surface area contributed by atoms with Crippen molar-refractivity contribution in [3.05, 3.63) is 28.8 Å². The molecule has 0 bridgehead atoms. The van der Waals surface area contributed by atoms with Gasteiger partial charge in [-0.05, 0) is 43.4 Å². The van der Waals surface area contributed by atoms with Gasteiger partial charge >= 0.3 is 5.97 Å². The summed E-state index contributed by atoms with van der Waals surface area (Å²) >= 11 is 0. The lowest BCUT2D eigenvalue weighted by atomic mass is 9.99. The third-order valence-electron chi connectivity index (χ3n) is 2.54. The van der Waals surface area contributed by atoms with Crippen LogP contribution in [0.15, 0.2) is 12.1 Å². The lowest BCUT2D eigenvalue weighted by Gasteiger charge is -2.09. The van der Waals surface area contributed by atoms with Gasteiger partial charge in [0, 0.05) is 6.42 Å². The maximum absolute atomic E-state index is 10.4. The maximum atomic E-state index is 10.4. The molecule has 0 aliphatic rings. The van der Waals surface area contributed by atoms with E-state index in [1.54, 1.807) is 0 Å². The molecule has 0 unspecified atom stereocenters. The Morgan fingerprint density at radius 3 is 2.47 bits per heavy atom. The predicted octanol–water partition coefficient (Wildman–Crippen LogP) is 2.42. The molecule has 0 aliphatic heterocycles. The molecular weight excluding hydrogens is 192 g/mol. The molecular formula is C12H16O3. The zero-order valence-electron chi connectivity index (χ0n) is 9.08.